The maximum atomic E-state index is 4.38. The Labute approximate surface area is 145 Å². The molecular formula is C18H32N6. The molecule has 6 heteroatoms. The molecule has 0 spiro atoms. The van der Waals surface area contributed by atoms with E-state index < -0.39 is 0 Å². The number of aromatic nitrogens is 2. The molecule has 1 aliphatic carbocycles. The predicted octanol–water partition coefficient (Wildman–Crippen LogP) is 1.76. The second-order valence-electron chi connectivity index (χ2n) is 7.06. The molecule has 1 aromatic rings. The van der Waals surface area contributed by atoms with Crippen molar-refractivity contribution in [2.24, 2.45) is 4.99 Å². The van der Waals surface area contributed by atoms with Crippen molar-refractivity contribution in [3.05, 3.63) is 18.2 Å². The number of nitrogens with zero attached hydrogens (tertiary/aromatic N) is 4. The maximum Gasteiger partial charge on any atom is 0.191 e. The lowest BCUT2D eigenvalue weighted by Gasteiger charge is -2.33. The minimum absolute atomic E-state index is 0.569. The molecule has 0 unspecified atom stereocenters. The van der Waals surface area contributed by atoms with E-state index in [1.54, 1.807) is 0 Å². The van der Waals surface area contributed by atoms with Crippen molar-refractivity contribution >= 4 is 5.96 Å². The van der Waals surface area contributed by atoms with E-state index in [1.165, 1.54) is 38.8 Å². The molecule has 6 nitrogen and oxygen atoms in total. The van der Waals surface area contributed by atoms with Gasteiger partial charge in [-0.3, -0.25) is 4.99 Å². The van der Waals surface area contributed by atoms with Gasteiger partial charge < -0.3 is 20.1 Å². The van der Waals surface area contributed by atoms with Gasteiger partial charge in [0.05, 0.1) is 0 Å². The van der Waals surface area contributed by atoms with Gasteiger partial charge in [0, 0.05) is 57.7 Å². The fourth-order valence-corrected chi connectivity index (χ4v) is 3.49. The lowest BCUT2D eigenvalue weighted by atomic mass is 10.1. The second-order valence-corrected chi connectivity index (χ2v) is 7.06. The number of aryl methyl sites for hydroxylation is 2. The number of piperidine rings is 1. The van der Waals surface area contributed by atoms with E-state index in [0.717, 1.165) is 43.8 Å². The number of hydrogen-bond acceptors (Lipinski definition) is 3. The van der Waals surface area contributed by atoms with Crippen molar-refractivity contribution in [2.75, 3.05) is 26.7 Å². The van der Waals surface area contributed by atoms with Crippen molar-refractivity contribution in [1.29, 1.82) is 0 Å². The van der Waals surface area contributed by atoms with E-state index >= 15 is 0 Å². The number of aliphatic imine (C=N–C) groups is 1. The topological polar surface area (TPSA) is 57.5 Å². The quantitative estimate of drug-likeness (QED) is 0.454. The van der Waals surface area contributed by atoms with Crippen LogP contribution in [0.3, 0.4) is 0 Å². The number of unbranched alkanes of at least 4 members (excludes halogenated alkanes) is 1. The van der Waals surface area contributed by atoms with E-state index in [1.807, 2.05) is 13.2 Å². The molecule has 0 bridgehead atoms. The first-order valence-corrected chi connectivity index (χ1v) is 9.45. The third-order valence-electron chi connectivity index (χ3n) is 5.20. The summed E-state index contributed by atoms with van der Waals surface area (Å²) in [6.45, 7) is 6.54. The van der Waals surface area contributed by atoms with Gasteiger partial charge in [0.2, 0.25) is 0 Å². The molecule has 1 saturated carbocycles. The van der Waals surface area contributed by atoms with E-state index in [2.05, 4.69) is 43.2 Å². The number of likely N-dealkylation sites (tertiary alicyclic amines) is 1. The third-order valence-corrected chi connectivity index (χ3v) is 5.20. The molecule has 134 valence electrons. The highest BCUT2D eigenvalue weighted by atomic mass is 15.2. The molecule has 3 rings (SSSR count). The Hall–Kier alpha value is -1.56. The largest absolute Gasteiger partial charge is 0.356 e. The Balaban J connectivity index is 1.28. The van der Waals surface area contributed by atoms with Crippen molar-refractivity contribution in [1.82, 2.24) is 25.1 Å². The van der Waals surface area contributed by atoms with Gasteiger partial charge in [0.15, 0.2) is 5.96 Å². The Kier molecular flexibility index (Phi) is 6.12. The molecule has 0 atom stereocenters. The molecule has 2 N–H and O–H groups in total. The Morgan fingerprint density at radius 1 is 1.25 bits per heavy atom. The number of rotatable bonds is 7. The molecule has 1 aliphatic heterocycles. The zero-order valence-corrected chi connectivity index (χ0v) is 15.2. The number of guanidine groups is 1. The summed E-state index contributed by atoms with van der Waals surface area (Å²) in [6.07, 6.45) is 11.5. The van der Waals surface area contributed by atoms with Crippen LogP contribution in [0.5, 0.6) is 0 Å². The Morgan fingerprint density at radius 3 is 2.67 bits per heavy atom. The Morgan fingerprint density at radius 2 is 2.04 bits per heavy atom. The fraction of sp³-hybridized carbons (Fsp3) is 0.778. The normalized spacial score (nSPS) is 20.3. The molecule has 2 fully saturated rings. The SMILES string of the molecule is CN=C(NCCCCn1ccnc1C)NC1CCN(C2CC2)CC1. The number of hydrogen-bond donors (Lipinski definition) is 2. The standard InChI is InChI=1S/C18H32N6/c1-15-20-10-14-23(15)11-4-3-9-21-18(19-2)22-16-7-12-24(13-8-16)17-5-6-17/h10,14,16-17H,3-9,11-13H2,1-2H3,(H2,19,21,22). The van der Waals surface area contributed by atoms with Crippen LogP contribution in [0, 0.1) is 6.92 Å². The van der Waals surface area contributed by atoms with Crippen LogP contribution >= 0.6 is 0 Å². The molecule has 2 heterocycles. The van der Waals surface area contributed by atoms with Crippen LogP contribution in [0.1, 0.15) is 44.3 Å². The molecule has 0 radical (unpaired) electrons. The highest BCUT2D eigenvalue weighted by molar-refractivity contribution is 5.79. The molecule has 24 heavy (non-hydrogen) atoms. The summed E-state index contributed by atoms with van der Waals surface area (Å²) in [6, 6.07) is 1.47. The minimum atomic E-state index is 0.569. The summed E-state index contributed by atoms with van der Waals surface area (Å²) in [4.78, 5) is 11.3. The zero-order chi connectivity index (χ0) is 16.8. The first kappa shape index (κ1) is 17.3. The summed E-state index contributed by atoms with van der Waals surface area (Å²) >= 11 is 0. The van der Waals surface area contributed by atoms with Gasteiger partial charge in [0.25, 0.3) is 0 Å². The minimum Gasteiger partial charge on any atom is -0.356 e. The fourth-order valence-electron chi connectivity index (χ4n) is 3.49. The smallest absolute Gasteiger partial charge is 0.191 e. The van der Waals surface area contributed by atoms with Gasteiger partial charge >= 0.3 is 0 Å². The first-order chi connectivity index (χ1) is 11.8. The average Bonchev–Trinajstić information content (AvgIpc) is 3.37. The summed E-state index contributed by atoms with van der Waals surface area (Å²) in [5.41, 5.74) is 0. The van der Waals surface area contributed by atoms with Gasteiger partial charge in [-0.15, -0.1) is 0 Å². The molecule has 0 amide bonds. The van der Waals surface area contributed by atoms with E-state index in [0.29, 0.717) is 6.04 Å². The van der Waals surface area contributed by atoms with E-state index in [-0.39, 0.29) is 0 Å². The summed E-state index contributed by atoms with van der Waals surface area (Å²) in [5.74, 6) is 2.05. The van der Waals surface area contributed by atoms with Crippen LogP contribution in [-0.2, 0) is 6.54 Å². The maximum absolute atomic E-state index is 4.38. The molecule has 2 aliphatic rings. The molecule has 1 aromatic heterocycles. The predicted molar refractivity (Wildman–Crippen MR) is 98.3 cm³/mol. The summed E-state index contributed by atoms with van der Waals surface area (Å²) in [5, 5.41) is 7.05. The number of nitrogens with one attached hydrogen (secondary N) is 2. The van der Waals surface area contributed by atoms with Crippen LogP contribution in [0.25, 0.3) is 0 Å². The average molecular weight is 332 g/mol. The van der Waals surface area contributed by atoms with Crippen LogP contribution in [0.2, 0.25) is 0 Å². The van der Waals surface area contributed by atoms with Gasteiger partial charge in [-0.05, 0) is 45.4 Å². The molecular weight excluding hydrogens is 300 g/mol. The van der Waals surface area contributed by atoms with Crippen molar-refractivity contribution in [3.8, 4) is 0 Å². The van der Waals surface area contributed by atoms with Gasteiger partial charge in [-0.1, -0.05) is 0 Å². The lowest BCUT2D eigenvalue weighted by Crippen LogP contribution is -2.49. The van der Waals surface area contributed by atoms with Crippen LogP contribution < -0.4 is 10.6 Å². The number of imidazole rings is 1. The Bertz CT molecular complexity index is 525. The lowest BCUT2D eigenvalue weighted by molar-refractivity contribution is 0.197. The molecule has 1 saturated heterocycles. The summed E-state index contributed by atoms with van der Waals surface area (Å²) < 4.78 is 2.21. The second kappa shape index (κ2) is 8.51. The van der Waals surface area contributed by atoms with Gasteiger partial charge in [0.1, 0.15) is 5.82 Å². The molecule has 0 aromatic carbocycles. The van der Waals surface area contributed by atoms with Crippen molar-refractivity contribution < 1.29 is 0 Å². The van der Waals surface area contributed by atoms with Gasteiger partial charge in [-0.2, -0.15) is 0 Å². The highest BCUT2D eigenvalue weighted by Crippen LogP contribution is 2.29. The van der Waals surface area contributed by atoms with E-state index in [9.17, 15) is 0 Å². The van der Waals surface area contributed by atoms with Crippen LogP contribution in [0.15, 0.2) is 17.4 Å². The van der Waals surface area contributed by atoms with Crippen molar-refractivity contribution in [2.45, 2.75) is 64.1 Å². The summed E-state index contributed by atoms with van der Waals surface area (Å²) in [7, 11) is 1.86. The van der Waals surface area contributed by atoms with Crippen molar-refractivity contribution in [3.63, 3.8) is 0 Å². The third kappa shape index (κ3) is 4.97. The monoisotopic (exact) mass is 332 g/mol. The van der Waals surface area contributed by atoms with Crippen LogP contribution in [-0.4, -0.2) is 59.2 Å². The van der Waals surface area contributed by atoms with E-state index in [4.69, 9.17) is 0 Å². The highest BCUT2D eigenvalue weighted by Gasteiger charge is 2.31. The van der Waals surface area contributed by atoms with Gasteiger partial charge in [-0.25, -0.2) is 4.98 Å². The zero-order valence-electron chi connectivity index (χ0n) is 15.2. The first-order valence-electron chi connectivity index (χ1n) is 9.45. The van der Waals surface area contributed by atoms with Crippen LogP contribution in [0.4, 0.5) is 0 Å².